The second-order valence-electron chi connectivity index (χ2n) is 6.43. The fraction of sp³-hybridized carbons (Fsp3) is 0.300. The average molecular weight is 338 g/mol. The standard InChI is InChI=1S/C20H22N2O3/c1-13-5-3-4-6-17(13)18-11-22(14(2)12-25-18)20(24)16-9-7-15(8-10-16)19(21)23/h3-10,14,18H,11-12H2,1-2H3,(H2,21,23)/t14-,18-/m1/s1. The van der Waals surface area contributed by atoms with Crippen LogP contribution in [0.1, 0.15) is 44.9 Å². The SMILES string of the molecule is Cc1ccccc1[C@H]1CN(C(=O)c2ccc(C(N)=O)cc2)[C@H](C)CO1. The number of aryl methyl sites for hydroxylation is 1. The predicted molar refractivity (Wildman–Crippen MR) is 95.3 cm³/mol. The maximum atomic E-state index is 12.9. The maximum Gasteiger partial charge on any atom is 0.254 e. The third kappa shape index (κ3) is 3.56. The summed E-state index contributed by atoms with van der Waals surface area (Å²) >= 11 is 0. The fourth-order valence-corrected chi connectivity index (χ4v) is 3.12. The minimum atomic E-state index is -0.502. The van der Waals surface area contributed by atoms with E-state index in [1.807, 2.05) is 43.0 Å². The molecule has 2 amide bonds. The minimum Gasteiger partial charge on any atom is -0.370 e. The molecule has 5 nitrogen and oxygen atoms in total. The summed E-state index contributed by atoms with van der Waals surface area (Å²) in [6.45, 7) is 5.02. The van der Waals surface area contributed by atoms with Crippen LogP contribution in [0.4, 0.5) is 0 Å². The third-order valence-corrected chi connectivity index (χ3v) is 4.65. The molecule has 1 fully saturated rings. The van der Waals surface area contributed by atoms with Gasteiger partial charge in [-0.05, 0) is 49.2 Å². The lowest BCUT2D eigenvalue weighted by Crippen LogP contribution is -2.48. The number of rotatable bonds is 3. The Morgan fingerprint density at radius 2 is 1.72 bits per heavy atom. The molecular formula is C20H22N2O3. The van der Waals surface area contributed by atoms with Gasteiger partial charge < -0.3 is 15.4 Å². The van der Waals surface area contributed by atoms with Crippen molar-refractivity contribution in [3.63, 3.8) is 0 Å². The number of benzene rings is 2. The smallest absolute Gasteiger partial charge is 0.254 e. The van der Waals surface area contributed by atoms with Gasteiger partial charge in [0.25, 0.3) is 5.91 Å². The van der Waals surface area contributed by atoms with Gasteiger partial charge in [-0.3, -0.25) is 9.59 Å². The van der Waals surface area contributed by atoms with Crippen LogP contribution in [-0.4, -0.2) is 35.9 Å². The molecule has 0 aromatic heterocycles. The number of hydrogen-bond donors (Lipinski definition) is 1. The van der Waals surface area contributed by atoms with E-state index in [2.05, 4.69) is 0 Å². The number of nitrogens with two attached hydrogens (primary N) is 1. The first-order valence-electron chi connectivity index (χ1n) is 8.35. The molecule has 0 aliphatic carbocycles. The molecule has 0 radical (unpaired) electrons. The lowest BCUT2D eigenvalue weighted by Gasteiger charge is -2.38. The van der Waals surface area contributed by atoms with Crippen LogP contribution in [0.5, 0.6) is 0 Å². The van der Waals surface area contributed by atoms with E-state index >= 15 is 0 Å². The van der Waals surface area contributed by atoms with Gasteiger partial charge in [0, 0.05) is 11.1 Å². The average Bonchev–Trinajstić information content (AvgIpc) is 2.62. The second kappa shape index (κ2) is 7.07. The van der Waals surface area contributed by atoms with Crippen LogP contribution in [0.25, 0.3) is 0 Å². The molecule has 1 heterocycles. The Bertz CT molecular complexity index is 786. The van der Waals surface area contributed by atoms with E-state index < -0.39 is 5.91 Å². The minimum absolute atomic E-state index is 0.0106. The van der Waals surface area contributed by atoms with Crippen molar-refractivity contribution < 1.29 is 14.3 Å². The Labute approximate surface area is 147 Å². The zero-order chi connectivity index (χ0) is 18.0. The van der Waals surface area contributed by atoms with Crippen LogP contribution in [0.2, 0.25) is 0 Å². The molecule has 0 unspecified atom stereocenters. The Morgan fingerprint density at radius 3 is 2.36 bits per heavy atom. The Hall–Kier alpha value is -2.66. The molecule has 2 aromatic carbocycles. The van der Waals surface area contributed by atoms with Gasteiger partial charge in [0.05, 0.1) is 19.2 Å². The fourth-order valence-electron chi connectivity index (χ4n) is 3.12. The number of hydrogen-bond acceptors (Lipinski definition) is 3. The Kier molecular flexibility index (Phi) is 4.86. The molecule has 2 aromatic rings. The molecule has 1 aliphatic heterocycles. The highest BCUT2D eigenvalue weighted by Gasteiger charge is 2.31. The Balaban J connectivity index is 1.81. The lowest BCUT2D eigenvalue weighted by atomic mass is 10.0. The molecule has 25 heavy (non-hydrogen) atoms. The number of ether oxygens (including phenoxy) is 1. The lowest BCUT2D eigenvalue weighted by molar-refractivity contribution is -0.0489. The number of morpholine rings is 1. The number of carbonyl (C=O) groups excluding carboxylic acids is 2. The van der Waals surface area contributed by atoms with Crippen LogP contribution in [0.3, 0.4) is 0 Å². The van der Waals surface area contributed by atoms with Gasteiger partial charge in [-0.2, -0.15) is 0 Å². The topological polar surface area (TPSA) is 72.6 Å². The molecule has 3 rings (SSSR count). The highest BCUT2D eigenvalue weighted by Crippen LogP contribution is 2.28. The molecule has 1 aliphatic rings. The molecule has 1 saturated heterocycles. The van der Waals surface area contributed by atoms with Crippen molar-refractivity contribution in [1.29, 1.82) is 0 Å². The zero-order valence-corrected chi connectivity index (χ0v) is 14.4. The number of carbonyl (C=O) groups is 2. The van der Waals surface area contributed by atoms with Crippen molar-refractivity contribution in [2.75, 3.05) is 13.2 Å². The summed E-state index contributed by atoms with van der Waals surface area (Å²) in [6.07, 6.45) is -0.133. The first-order chi connectivity index (χ1) is 12.0. The van der Waals surface area contributed by atoms with Crippen LogP contribution < -0.4 is 5.73 Å². The second-order valence-corrected chi connectivity index (χ2v) is 6.43. The normalized spacial score (nSPS) is 20.3. The van der Waals surface area contributed by atoms with Crippen molar-refractivity contribution >= 4 is 11.8 Å². The highest BCUT2D eigenvalue weighted by atomic mass is 16.5. The highest BCUT2D eigenvalue weighted by molar-refractivity contribution is 5.97. The van der Waals surface area contributed by atoms with Crippen LogP contribution in [0.15, 0.2) is 48.5 Å². The summed E-state index contributed by atoms with van der Waals surface area (Å²) in [7, 11) is 0. The van der Waals surface area contributed by atoms with E-state index in [1.165, 1.54) is 0 Å². The first-order valence-corrected chi connectivity index (χ1v) is 8.35. The third-order valence-electron chi connectivity index (χ3n) is 4.65. The van der Waals surface area contributed by atoms with E-state index in [1.54, 1.807) is 24.3 Å². The van der Waals surface area contributed by atoms with Gasteiger partial charge in [-0.1, -0.05) is 24.3 Å². The molecule has 0 bridgehead atoms. The maximum absolute atomic E-state index is 12.9. The predicted octanol–water partition coefficient (Wildman–Crippen LogP) is 2.70. The Morgan fingerprint density at radius 1 is 1.08 bits per heavy atom. The van der Waals surface area contributed by atoms with Gasteiger partial charge in [-0.25, -0.2) is 0 Å². The largest absolute Gasteiger partial charge is 0.370 e. The molecule has 0 spiro atoms. The van der Waals surface area contributed by atoms with Crippen molar-refractivity contribution in [2.45, 2.75) is 26.0 Å². The van der Waals surface area contributed by atoms with Gasteiger partial charge in [0.1, 0.15) is 6.10 Å². The van der Waals surface area contributed by atoms with Crippen molar-refractivity contribution in [1.82, 2.24) is 4.90 Å². The quantitative estimate of drug-likeness (QED) is 0.935. The van der Waals surface area contributed by atoms with Crippen molar-refractivity contribution in [3.05, 3.63) is 70.8 Å². The van der Waals surface area contributed by atoms with E-state index in [-0.39, 0.29) is 18.1 Å². The molecule has 5 heteroatoms. The van der Waals surface area contributed by atoms with Gasteiger partial charge in [0.2, 0.25) is 5.91 Å². The summed E-state index contributed by atoms with van der Waals surface area (Å²) < 4.78 is 5.97. The molecule has 2 atom stereocenters. The summed E-state index contributed by atoms with van der Waals surface area (Å²) in [6, 6.07) is 14.5. The molecular weight excluding hydrogens is 316 g/mol. The number of amides is 2. The van der Waals surface area contributed by atoms with E-state index in [4.69, 9.17) is 10.5 Å². The van der Waals surface area contributed by atoms with Crippen molar-refractivity contribution in [3.8, 4) is 0 Å². The number of nitrogens with zero attached hydrogens (tertiary/aromatic N) is 1. The summed E-state index contributed by atoms with van der Waals surface area (Å²) in [5.74, 6) is -0.566. The molecule has 2 N–H and O–H groups in total. The van der Waals surface area contributed by atoms with Gasteiger partial charge in [-0.15, -0.1) is 0 Å². The van der Waals surface area contributed by atoms with Crippen LogP contribution in [0, 0.1) is 6.92 Å². The van der Waals surface area contributed by atoms with Gasteiger partial charge >= 0.3 is 0 Å². The monoisotopic (exact) mass is 338 g/mol. The van der Waals surface area contributed by atoms with Crippen LogP contribution >= 0.6 is 0 Å². The van der Waals surface area contributed by atoms with E-state index in [9.17, 15) is 9.59 Å². The first kappa shape index (κ1) is 17.2. The summed E-state index contributed by atoms with van der Waals surface area (Å²) in [4.78, 5) is 25.9. The zero-order valence-electron chi connectivity index (χ0n) is 14.4. The summed E-state index contributed by atoms with van der Waals surface area (Å²) in [5.41, 5.74) is 8.45. The molecule has 130 valence electrons. The number of primary amides is 1. The van der Waals surface area contributed by atoms with Crippen molar-refractivity contribution in [2.24, 2.45) is 5.73 Å². The van der Waals surface area contributed by atoms with E-state index in [0.717, 1.165) is 11.1 Å². The summed E-state index contributed by atoms with van der Waals surface area (Å²) in [5, 5.41) is 0. The molecule has 0 saturated carbocycles. The van der Waals surface area contributed by atoms with Crippen LogP contribution in [-0.2, 0) is 4.74 Å². The van der Waals surface area contributed by atoms with Gasteiger partial charge in [0.15, 0.2) is 0 Å². The van der Waals surface area contributed by atoms with E-state index in [0.29, 0.717) is 24.3 Å².